The molecule has 1 aliphatic heterocycles. The average Bonchev–Trinajstić information content (AvgIpc) is 2.83. The molecule has 3 heteroatoms. The van der Waals surface area contributed by atoms with Gasteiger partial charge < -0.3 is 9.84 Å². The molecule has 0 amide bonds. The molecule has 0 saturated carbocycles. The third-order valence-corrected chi connectivity index (χ3v) is 5.00. The number of benzene rings is 2. The highest BCUT2D eigenvalue weighted by atomic mass is 16.5. The fraction of sp³-hybridized carbons (Fsp3) is 0.429. The van der Waals surface area contributed by atoms with Gasteiger partial charge in [-0.1, -0.05) is 69.3 Å². The van der Waals surface area contributed by atoms with Gasteiger partial charge in [0, 0.05) is 11.6 Å². The zero-order chi connectivity index (χ0) is 17.5. The Balaban J connectivity index is 1.97. The third kappa shape index (κ3) is 2.94. The molecule has 1 unspecified atom stereocenters. The second-order valence-corrected chi connectivity index (χ2v) is 7.72. The van der Waals surface area contributed by atoms with Crippen LogP contribution in [0.1, 0.15) is 56.7 Å². The molecule has 0 spiro atoms. The maximum atomic E-state index is 10.8. The van der Waals surface area contributed by atoms with Crippen LogP contribution in [0.2, 0.25) is 0 Å². The second-order valence-electron chi connectivity index (χ2n) is 7.72. The Morgan fingerprint density at radius 2 is 1.67 bits per heavy atom. The number of hydrogen-bond donors (Lipinski definition) is 1. The van der Waals surface area contributed by atoms with Crippen LogP contribution in [0.5, 0.6) is 5.75 Å². The van der Waals surface area contributed by atoms with Gasteiger partial charge in [-0.2, -0.15) is 0 Å². The molecule has 24 heavy (non-hydrogen) atoms. The van der Waals surface area contributed by atoms with E-state index in [4.69, 9.17) is 4.74 Å². The summed E-state index contributed by atoms with van der Waals surface area (Å²) < 4.78 is 6.37. The molecule has 1 aliphatic rings. The van der Waals surface area contributed by atoms with Crippen molar-refractivity contribution in [1.82, 2.24) is 4.90 Å². The summed E-state index contributed by atoms with van der Waals surface area (Å²) in [6.07, 6.45) is -0.244. The summed E-state index contributed by atoms with van der Waals surface area (Å²) >= 11 is 0. The minimum absolute atomic E-state index is 0.00103. The predicted octanol–water partition coefficient (Wildman–Crippen LogP) is 4.78. The van der Waals surface area contributed by atoms with Crippen LogP contribution in [-0.4, -0.2) is 23.1 Å². The summed E-state index contributed by atoms with van der Waals surface area (Å²) in [7, 11) is 2.06. The molecular formula is C21H27NO2. The Hall–Kier alpha value is -1.84. The van der Waals surface area contributed by atoms with Crippen molar-refractivity contribution in [3.05, 3.63) is 65.2 Å². The summed E-state index contributed by atoms with van der Waals surface area (Å²) in [4.78, 5) is 2.19. The Bertz CT molecular complexity index is 706. The number of likely N-dealkylation sites (N-methyl/N-ethyl adjacent to an activating group) is 1. The molecule has 0 aliphatic carbocycles. The van der Waals surface area contributed by atoms with E-state index in [2.05, 4.69) is 51.8 Å². The van der Waals surface area contributed by atoms with Gasteiger partial charge in [-0.25, -0.2) is 0 Å². The largest absolute Gasteiger partial charge is 0.507 e. The Morgan fingerprint density at radius 3 is 2.29 bits per heavy atom. The molecule has 1 saturated heterocycles. The van der Waals surface area contributed by atoms with Gasteiger partial charge in [0.2, 0.25) is 0 Å². The van der Waals surface area contributed by atoms with E-state index in [-0.39, 0.29) is 23.8 Å². The van der Waals surface area contributed by atoms with Crippen LogP contribution in [0.15, 0.2) is 48.5 Å². The van der Waals surface area contributed by atoms with Crippen molar-refractivity contribution < 1.29 is 9.84 Å². The van der Waals surface area contributed by atoms with Crippen LogP contribution in [0.4, 0.5) is 0 Å². The second kappa shape index (κ2) is 6.23. The number of nitrogens with zero attached hydrogens (tertiary/aromatic N) is 1. The minimum atomic E-state index is -0.243. The van der Waals surface area contributed by atoms with E-state index in [9.17, 15) is 5.11 Å². The first kappa shape index (κ1) is 17.0. The zero-order valence-corrected chi connectivity index (χ0v) is 15.2. The van der Waals surface area contributed by atoms with E-state index >= 15 is 0 Å². The molecule has 1 heterocycles. The molecule has 3 nitrogen and oxygen atoms in total. The first-order valence-electron chi connectivity index (χ1n) is 8.55. The topological polar surface area (TPSA) is 32.7 Å². The molecule has 3 atom stereocenters. The summed E-state index contributed by atoms with van der Waals surface area (Å²) in [5.74, 6) is 0.350. The Morgan fingerprint density at radius 1 is 1.00 bits per heavy atom. The van der Waals surface area contributed by atoms with E-state index < -0.39 is 0 Å². The van der Waals surface area contributed by atoms with E-state index in [0.29, 0.717) is 5.75 Å². The molecule has 0 radical (unpaired) electrons. The number of para-hydroxylation sites is 1. The number of ether oxygens (including phenoxy) is 1. The summed E-state index contributed by atoms with van der Waals surface area (Å²) in [6.45, 7) is 8.50. The molecule has 0 bridgehead atoms. The maximum absolute atomic E-state index is 10.8. The molecule has 2 aromatic rings. The van der Waals surface area contributed by atoms with Crippen molar-refractivity contribution in [1.29, 1.82) is 0 Å². The highest BCUT2D eigenvalue weighted by Crippen LogP contribution is 2.45. The monoisotopic (exact) mass is 325 g/mol. The van der Waals surface area contributed by atoms with Crippen LogP contribution >= 0.6 is 0 Å². The SMILES string of the molecule is C[C@H]1[C@@H](c2ccccc2)OC(c2cccc(C(C)(C)C)c2O)N1C. The van der Waals surface area contributed by atoms with Gasteiger partial charge in [0.25, 0.3) is 0 Å². The average molecular weight is 325 g/mol. The number of rotatable bonds is 2. The molecule has 0 aromatic heterocycles. The number of phenolic OH excluding ortho intramolecular Hbond substituents is 1. The van der Waals surface area contributed by atoms with Crippen LogP contribution < -0.4 is 0 Å². The van der Waals surface area contributed by atoms with Crippen molar-refractivity contribution in [2.75, 3.05) is 7.05 Å². The minimum Gasteiger partial charge on any atom is -0.507 e. The molecule has 1 N–H and O–H groups in total. The lowest BCUT2D eigenvalue weighted by atomic mass is 9.85. The first-order valence-corrected chi connectivity index (χ1v) is 8.55. The van der Waals surface area contributed by atoms with E-state index in [0.717, 1.165) is 11.1 Å². The van der Waals surface area contributed by atoms with Gasteiger partial charge >= 0.3 is 0 Å². The quantitative estimate of drug-likeness (QED) is 0.862. The Kier molecular flexibility index (Phi) is 4.41. The fourth-order valence-corrected chi connectivity index (χ4v) is 3.43. The highest BCUT2D eigenvalue weighted by molar-refractivity contribution is 5.45. The highest BCUT2D eigenvalue weighted by Gasteiger charge is 2.40. The van der Waals surface area contributed by atoms with Crippen LogP contribution in [0, 0.1) is 0 Å². The van der Waals surface area contributed by atoms with E-state index in [1.165, 1.54) is 5.56 Å². The summed E-state index contributed by atoms with van der Waals surface area (Å²) in [6, 6.07) is 16.5. The van der Waals surface area contributed by atoms with E-state index in [1.807, 2.05) is 36.4 Å². The molecular weight excluding hydrogens is 298 g/mol. The van der Waals surface area contributed by atoms with Gasteiger partial charge in [0.1, 0.15) is 18.1 Å². The summed E-state index contributed by atoms with van der Waals surface area (Å²) in [5, 5.41) is 10.8. The van der Waals surface area contributed by atoms with Gasteiger partial charge in [-0.05, 0) is 30.5 Å². The van der Waals surface area contributed by atoms with Gasteiger partial charge in [0.15, 0.2) is 0 Å². The van der Waals surface area contributed by atoms with Crippen molar-refractivity contribution in [2.24, 2.45) is 0 Å². The molecule has 3 rings (SSSR count). The van der Waals surface area contributed by atoms with Crippen molar-refractivity contribution in [3.63, 3.8) is 0 Å². The van der Waals surface area contributed by atoms with E-state index in [1.54, 1.807) is 0 Å². The number of hydrogen-bond acceptors (Lipinski definition) is 3. The van der Waals surface area contributed by atoms with Gasteiger partial charge in [0.05, 0.1) is 0 Å². The van der Waals surface area contributed by atoms with Crippen molar-refractivity contribution in [2.45, 2.75) is 51.5 Å². The van der Waals surface area contributed by atoms with Crippen LogP contribution in [0.3, 0.4) is 0 Å². The molecule has 1 fully saturated rings. The first-order chi connectivity index (χ1) is 11.3. The summed E-state index contributed by atoms with van der Waals surface area (Å²) in [5.41, 5.74) is 2.86. The molecule has 2 aromatic carbocycles. The van der Waals surface area contributed by atoms with Crippen LogP contribution in [-0.2, 0) is 10.2 Å². The smallest absolute Gasteiger partial charge is 0.141 e. The van der Waals surface area contributed by atoms with Crippen molar-refractivity contribution >= 4 is 0 Å². The third-order valence-electron chi connectivity index (χ3n) is 5.00. The fourth-order valence-electron chi connectivity index (χ4n) is 3.43. The Labute approximate surface area is 144 Å². The lowest BCUT2D eigenvalue weighted by molar-refractivity contribution is 0.00405. The zero-order valence-electron chi connectivity index (χ0n) is 15.2. The van der Waals surface area contributed by atoms with Gasteiger partial charge in [-0.15, -0.1) is 0 Å². The van der Waals surface area contributed by atoms with Crippen molar-refractivity contribution in [3.8, 4) is 5.75 Å². The maximum Gasteiger partial charge on any atom is 0.141 e. The van der Waals surface area contributed by atoms with Gasteiger partial charge in [-0.3, -0.25) is 4.90 Å². The lowest BCUT2D eigenvalue weighted by Crippen LogP contribution is -2.27. The normalized spacial score (nSPS) is 25.1. The predicted molar refractivity (Wildman–Crippen MR) is 97.0 cm³/mol. The lowest BCUT2D eigenvalue weighted by Gasteiger charge is -2.26. The van der Waals surface area contributed by atoms with Crippen LogP contribution in [0.25, 0.3) is 0 Å². The molecule has 128 valence electrons. The number of aromatic hydroxyl groups is 1. The standard InChI is InChI=1S/C21H27NO2/c1-14-19(15-10-7-6-8-11-15)24-20(22(14)5)16-12-9-13-17(18(16)23)21(2,3)4/h6-14,19-20,23H,1-5H3/t14-,19-,20?/m0/s1. The number of phenols is 1.